The van der Waals surface area contributed by atoms with E-state index >= 15 is 0 Å². The summed E-state index contributed by atoms with van der Waals surface area (Å²) < 4.78 is 4.73. The van der Waals surface area contributed by atoms with Crippen LogP contribution in [0.5, 0.6) is 0 Å². The van der Waals surface area contributed by atoms with Crippen LogP contribution in [0.15, 0.2) is 0 Å². The van der Waals surface area contributed by atoms with Gasteiger partial charge in [-0.05, 0) is 25.7 Å². The van der Waals surface area contributed by atoms with Gasteiger partial charge in [0.25, 0.3) is 0 Å². The van der Waals surface area contributed by atoms with Gasteiger partial charge in [0.2, 0.25) is 0 Å². The lowest BCUT2D eigenvalue weighted by atomic mass is 10.0. The molecule has 2 N–H and O–H groups in total. The second-order valence-corrected chi connectivity index (χ2v) is 5.26. The van der Waals surface area contributed by atoms with Gasteiger partial charge in [0.15, 0.2) is 0 Å². The summed E-state index contributed by atoms with van der Waals surface area (Å²) in [5, 5.41) is 11.6. The molecule has 0 radical (unpaired) electrons. The normalized spacial score (nSPS) is 19.7. The Morgan fingerprint density at radius 2 is 2.10 bits per heavy atom. The number of hydrogen-bond acceptors (Lipinski definition) is 4. The van der Waals surface area contributed by atoms with E-state index in [1.54, 1.807) is 0 Å². The molecule has 7 nitrogen and oxygen atoms in total. The maximum Gasteiger partial charge on any atom is 0.328 e. The number of hydrogen-bond donors (Lipinski definition) is 2. The molecule has 0 aromatic rings. The van der Waals surface area contributed by atoms with E-state index in [2.05, 4.69) is 5.32 Å². The maximum atomic E-state index is 12.3. The molecule has 0 aromatic carbocycles. The third-order valence-electron chi connectivity index (χ3n) is 3.62. The van der Waals surface area contributed by atoms with Gasteiger partial charge in [-0.2, -0.15) is 0 Å². The van der Waals surface area contributed by atoms with Gasteiger partial charge in [-0.15, -0.1) is 0 Å². The molecular formula is C14H24N2O5. The minimum absolute atomic E-state index is 0.115. The summed E-state index contributed by atoms with van der Waals surface area (Å²) in [6.45, 7) is 2.41. The third-order valence-corrected chi connectivity index (χ3v) is 3.62. The summed E-state index contributed by atoms with van der Waals surface area (Å²) in [5.74, 6) is -1.37. The average Bonchev–Trinajstić information content (AvgIpc) is 2.46. The van der Waals surface area contributed by atoms with Crippen molar-refractivity contribution in [3.05, 3.63) is 0 Å². The number of rotatable bonds is 6. The maximum absolute atomic E-state index is 12.3. The van der Waals surface area contributed by atoms with Crippen LogP contribution in [-0.4, -0.2) is 53.7 Å². The summed E-state index contributed by atoms with van der Waals surface area (Å²) in [7, 11) is 1.30. The fourth-order valence-electron chi connectivity index (χ4n) is 2.60. The predicted octanol–water partition coefficient (Wildman–Crippen LogP) is 1.37. The van der Waals surface area contributed by atoms with Crippen molar-refractivity contribution in [3.8, 4) is 0 Å². The highest BCUT2D eigenvalue weighted by Gasteiger charge is 2.33. The first kappa shape index (κ1) is 17.3. The van der Waals surface area contributed by atoms with E-state index in [1.165, 1.54) is 12.0 Å². The van der Waals surface area contributed by atoms with Crippen molar-refractivity contribution >= 4 is 18.0 Å². The molecule has 0 bridgehead atoms. The minimum atomic E-state index is -0.947. The molecule has 2 amide bonds. The molecule has 0 saturated carbocycles. The topological polar surface area (TPSA) is 95.9 Å². The molecule has 1 aliphatic heterocycles. The molecule has 120 valence electrons. The predicted molar refractivity (Wildman–Crippen MR) is 75.8 cm³/mol. The molecule has 1 aliphatic rings. The lowest BCUT2D eigenvalue weighted by Gasteiger charge is -2.34. The molecule has 2 unspecified atom stereocenters. The molecule has 21 heavy (non-hydrogen) atoms. The van der Waals surface area contributed by atoms with Crippen molar-refractivity contribution in [1.82, 2.24) is 10.2 Å². The standard InChI is InChI=1S/C14H24N2O5/c1-3-6-10(9-12(17)18)15-14(20)16-8-5-4-7-11(16)13(19)21-2/h10-11H,3-9H2,1-2H3,(H,15,20)(H,17,18). The number of nitrogens with one attached hydrogen (secondary N) is 1. The number of aliphatic carboxylic acids is 1. The molecule has 0 aliphatic carbocycles. The van der Waals surface area contributed by atoms with Crippen LogP contribution in [0.4, 0.5) is 4.79 Å². The largest absolute Gasteiger partial charge is 0.481 e. The SMILES string of the molecule is CCCC(CC(=O)O)NC(=O)N1CCCCC1C(=O)OC. The number of carboxylic acids is 1. The number of carbonyl (C=O) groups is 3. The van der Waals surface area contributed by atoms with Gasteiger partial charge in [0.05, 0.1) is 13.5 Å². The monoisotopic (exact) mass is 300 g/mol. The summed E-state index contributed by atoms with van der Waals surface area (Å²) in [6.07, 6.45) is 3.54. The summed E-state index contributed by atoms with van der Waals surface area (Å²) in [4.78, 5) is 36.3. The van der Waals surface area contributed by atoms with Crippen molar-refractivity contribution < 1.29 is 24.2 Å². The fourth-order valence-corrected chi connectivity index (χ4v) is 2.60. The van der Waals surface area contributed by atoms with E-state index in [-0.39, 0.29) is 12.5 Å². The Bertz CT molecular complexity index is 386. The minimum Gasteiger partial charge on any atom is -0.481 e. The van der Waals surface area contributed by atoms with E-state index in [9.17, 15) is 14.4 Å². The Labute approximate surface area is 124 Å². The number of esters is 1. The third kappa shape index (κ3) is 5.24. The average molecular weight is 300 g/mol. The number of piperidine rings is 1. The molecule has 1 heterocycles. The van der Waals surface area contributed by atoms with Crippen LogP contribution in [0.3, 0.4) is 0 Å². The van der Waals surface area contributed by atoms with Gasteiger partial charge >= 0.3 is 18.0 Å². The first-order valence-electron chi connectivity index (χ1n) is 7.36. The lowest BCUT2D eigenvalue weighted by molar-refractivity contribution is -0.147. The second-order valence-electron chi connectivity index (χ2n) is 5.26. The second kappa shape index (κ2) is 8.49. The lowest BCUT2D eigenvalue weighted by Crippen LogP contribution is -2.54. The van der Waals surface area contributed by atoms with Crippen LogP contribution in [0.1, 0.15) is 45.4 Å². The van der Waals surface area contributed by atoms with Crippen molar-refractivity contribution in [2.45, 2.75) is 57.5 Å². The van der Waals surface area contributed by atoms with Crippen LogP contribution in [0.25, 0.3) is 0 Å². The number of ether oxygens (including phenoxy) is 1. The zero-order valence-corrected chi connectivity index (χ0v) is 12.6. The molecule has 1 saturated heterocycles. The Morgan fingerprint density at radius 3 is 2.67 bits per heavy atom. The number of amides is 2. The molecule has 1 rings (SSSR count). The molecule has 1 fully saturated rings. The Balaban J connectivity index is 2.69. The van der Waals surface area contributed by atoms with Crippen LogP contribution in [0.2, 0.25) is 0 Å². The van der Waals surface area contributed by atoms with Crippen LogP contribution >= 0.6 is 0 Å². The van der Waals surface area contributed by atoms with E-state index in [4.69, 9.17) is 9.84 Å². The smallest absolute Gasteiger partial charge is 0.328 e. The van der Waals surface area contributed by atoms with Gasteiger partial charge in [-0.25, -0.2) is 9.59 Å². The Kier molecular flexibility index (Phi) is 6.98. The van der Waals surface area contributed by atoms with Gasteiger partial charge in [0.1, 0.15) is 6.04 Å². The molecule has 2 atom stereocenters. The summed E-state index contributed by atoms with van der Waals surface area (Å²) in [6, 6.07) is -1.37. The first-order valence-corrected chi connectivity index (χ1v) is 7.36. The van der Waals surface area contributed by atoms with E-state index in [0.29, 0.717) is 19.4 Å². The van der Waals surface area contributed by atoms with Crippen molar-refractivity contribution in [2.75, 3.05) is 13.7 Å². The molecule has 0 spiro atoms. The van der Waals surface area contributed by atoms with Gasteiger partial charge < -0.3 is 20.1 Å². The van der Waals surface area contributed by atoms with Gasteiger partial charge in [0, 0.05) is 12.6 Å². The zero-order valence-electron chi connectivity index (χ0n) is 12.6. The molecule has 0 aromatic heterocycles. The quantitative estimate of drug-likeness (QED) is 0.722. The number of urea groups is 1. The van der Waals surface area contributed by atoms with Crippen molar-refractivity contribution in [2.24, 2.45) is 0 Å². The van der Waals surface area contributed by atoms with Crippen LogP contribution in [0, 0.1) is 0 Å². The van der Waals surface area contributed by atoms with Crippen LogP contribution < -0.4 is 5.32 Å². The van der Waals surface area contributed by atoms with Crippen molar-refractivity contribution in [1.29, 1.82) is 0 Å². The number of carbonyl (C=O) groups excluding carboxylic acids is 2. The fraction of sp³-hybridized carbons (Fsp3) is 0.786. The number of likely N-dealkylation sites (tertiary alicyclic amines) is 1. The number of nitrogens with zero attached hydrogens (tertiary/aromatic N) is 1. The first-order chi connectivity index (χ1) is 9.99. The number of methoxy groups -OCH3 is 1. The van der Waals surface area contributed by atoms with E-state index in [0.717, 1.165) is 19.3 Å². The van der Waals surface area contributed by atoms with E-state index in [1.807, 2.05) is 6.92 Å². The summed E-state index contributed by atoms with van der Waals surface area (Å²) >= 11 is 0. The van der Waals surface area contributed by atoms with Gasteiger partial charge in [-0.1, -0.05) is 13.3 Å². The van der Waals surface area contributed by atoms with Crippen LogP contribution in [-0.2, 0) is 14.3 Å². The highest BCUT2D eigenvalue weighted by molar-refractivity contribution is 5.84. The van der Waals surface area contributed by atoms with Gasteiger partial charge in [-0.3, -0.25) is 4.79 Å². The Morgan fingerprint density at radius 1 is 1.38 bits per heavy atom. The molecular weight excluding hydrogens is 276 g/mol. The van der Waals surface area contributed by atoms with E-state index < -0.39 is 24.0 Å². The highest BCUT2D eigenvalue weighted by Crippen LogP contribution is 2.18. The van der Waals surface area contributed by atoms with Crippen molar-refractivity contribution in [3.63, 3.8) is 0 Å². The summed E-state index contributed by atoms with van der Waals surface area (Å²) in [5.41, 5.74) is 0. The Hall–Kier alpha value is -1.79. The highest BCUT2D eigenvalue weighted by atomic mass is 16.5. The zero-order chi connectivity index (χ0) is 15.8. The number of carboxylic acid groups (broad SMARTS) is 1. The molecule has 7 heteroatoms.